The minimum atomic E-state index is -0.263. The molecule has 1 aliphatic carbocycles. The molecule has 2 N–H and O–H groups in total. The van der Waals surface area contributed by atoms with E-state index in [-0.39, 0.29) is 24.4 Å². The average Bonchev–Trinajstić information content (AvgIpc) is 3.44. The van der Waals surface area contributed by atoms with Crippen LogP contribution in [0.5, 0.6) is 11.5 Å². The Kier molecular flexibility index (Phi) is 9.67. The van der Waals surface area contributed by atoms with Gasteiger partial charge in [-0.05, 0) is 53.8 Å². The molecule has 0 fully saturated rings. The number of hydrogen-bond donors (Lipinski definition) is 2. The van der Waals surface area contributed by atoms with Crippen molar-refractivity contribution in [1.29, 1.82) is 5.26 Å². The number of nitrogens with one attached hydrogen (secondary N) is 2. The first-order valence-electron chi connectivity index (χ1n) is 13.9. The minimum Gasteiger partial charge on any atom is -0.488 e. The molecule has 0 bridgehead atoms. The van der Waals surface area contributed by atoms with E-state index in [4.69, 9.17) is 21.1 Å². The summed E-state index contributed by atoms with van der Waals surface area (Å²) in [4.78, 5) is 15.5. The zero-order chi connectivity index (χ0) is 30.2. The van der Waals surface area contributed by atoms with Crippen molar-refractivity contribution in [2.45, 2.75) is 32.1 Å². The van der Waals surface area contributed by atoms with Crippen LogP contribution in [0.3, 0.4) is 0 Å². The molecule has 1 aliphatic rings. The number of aromatic nitrogens is 1. The van der Waals surface area contributed by atoms with Gasteiger partial charge in [-0.3, -0.25) is 9.78 Å². The van der Waals surface area contributed by atoms with Gasteiger partial charge in [-0.1, -0.05) is 54.6 Å². The number of nitrogens with zero attached hydrogens (tertiary/aromatic N) is 2. The third-order valence-corrected chi connectivity index (χ3v) is 7.48. The first-order valence-corrected chi connectivity index (χ1v) is 14.3. The third kappa shape index (κ3) is 7.20. The fourth-order valence-electron chi connectivity index (χ4n) is 5.12. The van der Waals surface area contributed by atoms with Crippen LogP contribution in [-0.2, 0) is 24.4 Å². The number of halogens is 2. The number of carbonyl (C=O) groups excluding carboxylic acids is 1. The lowest BCUT2D eigenvalue weighted by molar-refractivity contribution is -0.116. The van der Waals surface area contributed by atoms with Crippen LogP contribution in [0, 0.1) is 17.1 Å². The van der Waals surface area contributed by atoms with Crippen LogP contribution in [0.2, 0.25) is 5.02 Å². The number of rotatable bonds is 12. The maximum Gasteiger partial charge on any atom is 0.243 e. The Hall–Kier alpha value is -4.71. The van der Waals surface area contributed by atoms with Crippen molar-refractivity contribution in [1.82, 2.24) is 15.6 Å². The highest BCUT2D eigenvalue weighted by molar-refractivity contribution is 6.32. The van der Waals surface area contributed by atoms with Crippen molar-refractivity contribution in [3.05, 3.63) is 124 Å². The molecule has 0 radical (unpaired) electrons. The highest BCUT2D eigenvalue weighted by Crippen LogP contribution is 2.43. The number of ether oxygens (including phenoxy) is 2. The maximum absolute atomic E-state index is 14.6. The molecule has 7 nitrogen and oxygen atoms in total. The number of amides is 1. The Labute approximate surface area is 254 Å². The molecule has 3 aromatic carbocycles. The molecule has 0 spiro atoms. The molecular weight excluding hydrogens is 567 g/mol. The van der Waals surface area contributed by atoms with Crippen LogP contribution in [-0.4, -0.2) is 24.0 Å². The first-order chi connectivity index (χ1) is 21.0. The predicted molar refractivity (Wildman–Crippen MR) is 163 cm³/mol. The normalized spacial score (nSPS) is 13.6. The minimum absolute atomic E-state index is 0.185. The van der Waals surface area contributed by atoms with E-state index < -0.39 is 0 Å². The fraction of sp³-hybridized carbons (Fsp3) is 0.206. The Bertz CT molecular complexity index is 1690. The van der Waals surface area contributed by atoms with Crippen LogP contribution in [0.1, 0.15) is 40.3 Å². The Morgan fingerprint density at radius 1 is 1.12 bits per heavy atom. The summed E-state index contributed by atoms with van der Waals surface area (Å²) >= 11 is 6.74. The second-order valence-electron chi connectivity index (χ2n) is 10.0. The first kappa shape index (κ1) is 29.8. The summed E-state index contributed by atoms with van der Waals surface area (Å²) in [5.74, 6) is 0.533. The SMILES string of the molecule is C=CC(=O)NCCNCc1cc(Cl)c(O[C@H]2CCc3c(-c4ccccc4F)cccc32)cc1OCc1cncc(C#N)c1. The van der Waals surface area contributed by atoms with Crippen molar-refractivity contribution in [2.24, 2.45) is 0 Å². The highest BCUT2D eigenvalue weighted by atomic mass is 35.5. The molecule has 0 saturated heterocycles. The largest absolute Gasteiger partial charge is 0.488 e. The van der Waals surface area contributed by atoms with Gasteiger partial charge in [-0.15, -0.1) is 0 Å². The second kappa shape index (κ2) is 14.0. The van der Waals surface area contributed by atoms with Gasteiger partial charge in [0.1, 0.15) is 36.1 Å². The summed E-state index contributed by atoms with van der Waals surface area (Å²) in [6.45, 7) is 5.01. The highest BCUT2D eigenvalue weighted by Gasteiger charge is 2.28. The molecule has 1 aromatic heterocycles. The Balaban J connectivity index is 1.37. The number of nitriles is 1. The molecule has 218 valence electrons. The van der Waals surface area contributed by atoms with Crippen LogP contribution in [0.25, 0.3) is 11.1 Å². The molecule has 1 heterocycles. The molecule has 0 saturated carbocycles. The fourth-order valence-corrected chi connectivity index (χ4v) is 5.35. The van der Waals surface area contributed by atoms with Crippen molar-refractivity contribution >= 4 is 17.5 Å². The molecule has 4 aromatic rings. The van der Waals surface area contributed by atoms with E-state index in [1.165, 1.54) is 18.3 Å². The summed E-state index contributed by atoms with van der Waals surface area (Å²) in [5.41, 5.74) is 5.50. The standard InChI is InChI=1S/C34H30ClFN4O3/c1-2-34(41)40-13-12-38-20-24-15-29(35)33(16-32(24)42-21-23-14-22(17-37)18-39-19-23)43-31-11-10-26-25(7-5-8-28(26)31)27-6-3-4-9-30(27)36/h2-9,14-16,18-19,31,38H,1,10-13,20-21H2,(H,40,41)/t31-/m0/s1. The van der Waals surface area contributed by atoms with Gasteiger partial charge in [0, 0.05) is 54.8 Å². The molecular formula is C34H30ClFN4O3. The predicted octanol–water partition coefficient (Wildman–Crippen LogP) is 6.45. The van der Waals surface area contributed by atoms with Gasteiger partial charge in [-0.2, -0.15) is 5.26 Å². The summed E-state index contributed by atoms with van der Waals surface area (Å²) < 4.78 is 27.3. The number of fused-ring (bicyclic) bond motifs is 1. The summed E-state index contributed by atoms with van der Waals surface area (Å²) in [6, 6.07) is 20.1. The lowest BCUT2D eigenvalue weighted by Gasteiger charge is -2.20. The lowest BCUT2D eigenvalue weighted by atomic mass is 9.96. The van der Waals surface area contributed by atoms with E-state index in [9.17, 15) is 14.4 Å². The quantitative estimate of drug-likeness (QED) is 0.144. The van der Waals surface area contributed by atoms with E-state index in [0.717, 1.165) is 40.7 Å². The molecule has 0 unspecified atom stereocenters. The Morgan fingerprint density at radius 3 is 2.77 bits per heavy atom. The number of carbonyl (C=O) groups is 1. The smallest absolute Gasteiger partial charge is 0.243 e. The maximum atomic E-state index is 14.6. The topological polar surface area (TPSA) is 96.3 Å². The molecule has 1 atom stereocenters. The van der Waals surface area contributed by atoms with Crippen LogP contribution in [0.4, 0.5) is 4.39 Å². The number of hydrogen-bond acceptors (Lipinski definition) is 6. The average molecular weight is 597 g/mol. The summed E-state index contributed by atoms with van der Waals surface area (Å²) in [6.07, 6.45) is 5.58. The van der Waals surface area contributed by atoms with E-state index in [1.807, 2.05) is 24.3 Å². The van der Waals surface area contributed by atoms with Crippen LogP contribution < -0.4 is 20.1 Å². The number of benzene rings is 3. The van der Waals surface area contributed by atoms with E-state index >= 15 is 0 Å². The molecule has 43 heavy (non-hydrogen) atoms. The van der Waals surface area contributed by atoms with E-state index in [2.05, 4.69) is 28.3 Å². The monoisotopic (exact) mass is 596 g/mol. The third-order valence-electron chi connectivity index (χ3n) is 7.18. The molecule has 5 rings (SSSR count). The number of pyridine rings is 1. The second-order valence-corrected chi connectivity index (χ2v) is 10.5. The van der Waals surface area contributed by atoms with Crippen molar-refractivity contribution in [3.8, 4) is 28.7 Å². The van der Waals surface area contributed by atoms with Gasteiger partial charge in [-0.25, -0.2) is 4.39 Å². The van der Waals surface area contributed by atoms with E-state index in [0.29, 0.717) is 47.3 Å². The molecule has 1 amide bonds. The molecule has 0 aliphatic heterocycles. The van der Waals surface area contributed by atoms with Crippen molar-refractivity contribution in [3.63, 3.8) is 0 Å². The van der Waals surface area contributed by atoms with Crippen LogP contribution >= 0.6 is 11.6 Å². The summed E-state index contributed by atoms with van der Waals surface area (Å²) in [5, 5.41) is 15.7. The summed E-state index contributed by atoms with van der Waals surface area (Å²) in [7, 11) is 0. The van der Waals surface area contributed by atoms with Crippen molar-refractivity contribution < 1.29 is 18.7 Å². The van der Waals surface area contributed by atoms with Crippen LogP contribution in [0.15, 0.2) is 85.7 Å². The van der Waals surface area contributed by atoms with Gasteiger partial charge in [0.2, 0.25) is 5.91 Å². The zero-order valence-electron chi connectivity index (χ0n) is 23.4. The Morgan fingerprint density at radius 2 is 1.95 bits per heavy atom. The lowest BCUT2D eigenvalue weighted by Crippen LogP contribution is -2.30. The van der Waals surface area contributed by atoms with Gasteiger partial charge >= 0.3 is 0 Å². The van der Waals surface area contributed by atoms with Gasteiger partial charge < -0.3 is 20.1 Å². The van der Waals surface area contributed by atoms with Gasteiger partial charge in [0.15, 0.2) is 0 Å². The molecule has 9 heteroatoms. The zero-order valence-corrected chi connectivity index (χ0v) is 24.2. The van der Waals surface area contributed by atoms with E-state index in [1.54, 1.807) is 36.5 Å². The van der Waals surface area contributed by atoms with Crippen molar-refractivity contribution in [2.75, 3.05) is 13.1 Å². The van der Waals surface area contributed by atoms with Gasteiger partial charge in [0.25, 0.3) is 0 Å². The van der Waals surface area contributed by atoms with Gasteiger partial charge in [0.05, 0.1) is 10.6 Å².